The second kappa shape index (κ2) is 9.45. The van der Waals surface area contributed by atoms with Gasteiger partial charge in [0, 0.05) is 31.3 Å². The molecule has 2 heterocycles. The third-order valence-electron chi connectivity index (χ3n) is 4.80. The van der Waals surface area contributed by atoms with Crippen molar-refractivity contribution in [2.24, 2.45) is 5.92 Å². The lowest BCUT2D eigenvalue weighted by Crippen LogP contribution is -2.50. The molecule has 1 aliphatic rings. The molecular formula is C20H24FN3O4. The van der Waals surface area contributed by atoms with E-state index in [1.165, 1.54) is 19.2 Å². The summed E-state index contributed by atoms with van der Waals surface area (Å²) >= 11 is 0. The molecule has 1 saturated heterocycles. The highest BCUT2D eigenvalue weighted by molar-refractivity contribution is 5.93. The fourth-order valence-corrected chi connectivity index (χ4v) is 3.13. The number of aromatic nitrogens is 1. The van der Waals surface area contributed by atoms with Crippen molar-refractivity contribution >= 4 is 11.9 Å². The van der Waals surface area contributed by atoms with Gasteiger partial charge in [-0.25, -0.2) is 4.39 Å². The number of unbranched alkanes of at least 4 members (excludes halogenated alkanes) is 2. The number of ether oxygens (including phenoxy) is 1. The minimum absolute atomic E-state index is 0.0200. The average Bonchev–Trinajstić information content (AvgIpc) is 3.16. The van der Waals surface area contributed by atoms with E-state index in [2.05, 4.69) is 15.4 Å². The molecule has 0 spiro atoms. The number of carbonyl (C=O) groups excluding carboxylic acids is 2. The third kappa shape index (κ3) is 5.16. The monoisotopic (exact) mass is 389 g/mol. The van der Waals surface area contributed by atoms with Crippen LogP contribution in [0.15, 0.2) is 34.9 Å². The van der Waals surface area contributed by atoms with Crippen LogP contribution in [0.4, 0.5) is 4.39 Å². The molecule has 3 rings (SSSR count). The Bertz CT molecular complexity index is 800. The molecule has 1 aromatic heterocycles. The number of amides is 1. The second-order valence-corrected chi connectivity index (χ2v) is 6.88. The SMILES string of the molecule is COC(=O)C1CN(CCCCCNC(=O)c2cc(-c3ccc(F)cc3)on2)C1. The first-order chi connectivity index (χ1) is 13.6. The predicted octanol–water partition coefficient (Wildman–Crippen LogP) is 2.49. The van der Waals surface area contributed by atoms with Gasteiger partial charge in [0.2, 0.25) is 0 Å². The van der Waals surface area contributed by atoms with Gasteiger partial charge in [0.05, 0.1) is 13.0 Å². The predicted molar refractivity (Wildman–Crippen MR) is 100 cm³/mol. The zero-order chi connectivity index (χ0) is 19.9. The number of esters is 1. The first kappa shape index (κ1) is 20.0. The molecule has 8 heteroatoms. The summed E-state index contributed by atoms with van der Waals surface area (Å²) in [5.74, 6) is -0.315. The molecule has 0 saturated carbocycles. The van der Waals surface area contributed by atoms with Crippen molar-refractivity contribution in [2.75, 3.05) is 33.3 Å². The highest BCUT2D eigenvalue weighted by Crippen LogP contribution is 2.20. The van der Waals surface area contributed by atoms with Crippen LogP contribution in [-0.2, 0) is 9.53 Å². The lowest BCUT2D eigenvalue weighted by atomic mass is 10.00. The van der Waals surface area contributed by atoms with E-state index >= 15 is 0 Å². The Hall–Kier alpha value is -2.74. The zero-order valence-corrected chi connectivity index (χ0v) is 15.8. The largest absolute Gasteiger partial charge is 0.469 e. The van der Waals surface area contributed by atoms with E-state index in [4.69, 9.17) is 9.26 Å². The van der Waals surface area contributed by atoms with Crippen LogP contribution < -0.4 is 5.32 Å². The number of hydrogen-bond acceptors (Lipinski definition) is 6. The van der Waals surface area contributed by atoms with E-state index in [1.54, 1.807) is 18.2 Å². The molecule has 1 aliphatic heterocycles. The van der Waals surface area contributed by atoms with Crippen molar-refractivity contribution in [3.8, 4) is 11.3 Å². The smallest absolute Gasteiger partial charge is 0.311 e. The molecule has 2 aromatic rings. The number of halogens is 1. The van der Waals surface area contributed by atoms with Crippen LogP contribution in [0, 0.1) is 11.7 Å². The molecule has 0 bridgehead atoms. The van der Waals surface area contributed by atoms with Crippen LogP contribution in [0.3, 0.4) is 0 Å². The molecular weight excluding hydrogens is 365 g/mol. The Balaban J connectivity index is 1.30. The molecule has 1 aromatic carbocycles. The van der Waals surface area contributed by atoms with E-state index in [-0.39, 0.29) is 29.3 Å². The Morgan fingerprint density at radius 2 is 2.00 bits per heavy atom. The molecule has 1 amide bonds. The van der Waals surface area contributed by atoms with E-state index < -0.39 is 0 Å². The zero-order valence-electron chi connectivity index (χ0n) is 15.8. The molecule has 0 aliphatic carbocycles. The summed E-state index contributed by atoms with van der Waals surface area (Å²) in [5.41, 5.74) is 0.863. The van der Waals surface area contributed by atoms with Crippen molar-refractivity contribution < 1.29 is 23.2 Å². The number of nitrogens with one attached hydrogen (secondary N) is 1. The van der Waals surface area contributed by atoms with Crippen molar-refractivity contribution in [2.45, 2.75) is 19.3 Å². The maximum absolute atomic E-state index is 13.0. The van der Waals surface area contributed by atoms with Gasteiger partial charge in [-0.1, -0.05) is 11.6 Å². The second-order valence-electron chi connectivity index (χ2n) is 6.88. The summed E-state index contributed by atoms with van der Waals surface area (Å²) in [7, 11) is 1.42. The summed E-state index contributed by atoms with van der Waals surface area (Å²) in [4.78, 5) is 25.7. The van der Waals surface area contributed by atoms with Gasteiger partial charge in [-0.15, -0.1) is 0 Å². The molecule has 28 heavy (non-hydrogen) atoms. The van der Waals surface area contributed by atoms with Gasteiger partial charge in [0.25, 0.3) is 5.91 Å². The van der Waals surface area contributed by atoms with Gasteiger partial charge < -0.3 is 19.5 Å². The van der Waals surface area contributed by atoms with Crippen LogP contribution in [-0.4, -0.2) is 55.2 Å². The lowest BCUT2D eigenvalue weighted by Gasteiger charge is -2.37. The molecule has 0 atom stereocenters. The first-order valence-corrected chi connectivity index (χ1v) is 9.38. The fraction of sp³-hybridized carbons (Fsp3) is 0.450. The minimum atomic E-state index is -0.335. The summed E-state index contributed by atoms with van der Waals surface area (Å²) in [5, 5.41) is 6.60. The number of benzene rings is 1. The Morgan fingerprint density at radius 3 is 2.71 bits per heavy atom. The third-order valence-corrected chi connectivity index (χ3v) is 4.80. The van der Waals surface area contributed by atoms with Gasteiger partial charge in [-0.2, -0.15) is 0 Å². The van der Waals surface area contributed by atoms with Gasteiger partial charge in [0.15, 0.2) is 11.5 Å². The maximum atomic E-state index is 13.0. The van der Waals surface area contributed by atoms with Crippen molar-refractivity contribution in [1.29, 1.82) is 0 Å². The van der Waals surface area contributed by atoms with Crippen molar-refractivity contribution in [1.82, 2.24) is 15.4 Å². The van der Waals surface area contributed by atoms with E-state index in [0.717, 1.165) is 38.9 Å². The van der Waals surface area contributed by atoms with Gasteiger partial charge in [-0.3, -0.25) is 9.59 Å². The van der Waals surface area contributed by atoms with Crippen LogP contribution in [0.2, 0.25) is 0 Å². The van der Waals surface area contributed by atoms with Crippen LogP contribution in [0.1, 0.15) is 29.8 Å². The van der Waals surface area contributed by atoms with Gasteiger partial charge in [-0.05, 0) is 43.7 Å². The topological polar surface area (TPSA) is 84.7 Å². The van der Waals surface area contributed by atoms with E-state index in [9.17, 15) is 14.0 Å². The quantitative estimate of drug-likeness (QED) is 0.524. The van der Waals surface area contributed by atoms with Gasteiger partial charge in [0.1, 0.15) is 5.82 Å². The molecule has 150 valence electrons. The standard InChI is InChI=1S/C20H24FN3O4/c1-27-20(26)15-12-24(13-15)10-4-2-3-9-22-19(25)17-11-18(28-23-17)14-5-7-16(21)8-6-14/h5-8,11,15H,2-4,9-10,12-13H2,1H3,(H,22,25). The molecule has 7 nitrogen and oxygen atoms in total. The Kier molecular flexibility index (Phi) is 6.76. The Labute approximate surface area is 162 Å². The average molecular weight is 389 g/mol. The summed E-state index contributed by atoms with van der Waals surface area (Å²) in [6.07, 6.45) is 2.87. The maximum Gasteiger partial charge on any atom is 0.311 e. The molecule has 0 unspecified atom stereocenters. The number of likely N-dealkylation sites (tertiary alicyclic amines) is 1. The number of carbonyl (C=O) groups is 2. The normalized spacial score (nSPS) is 14.5. The van der Waals surface area contributed by atoms with Gasteiger partial charge >= 0.3 is 5.97 Å². The number of hydrogen-bond donors (Lipinski definition) is 1. The highest BCUT2D eigenvalue weighted by Gasteiger charge is 2.32. The highest BCUT2D eigenvalue weighted by atomic mass is 19.1. The number of nitrogens with zero attached hydrogens (tertiary/aromatic N) is 2. The van der Waals surface area contributed by atoms with E-state index in [1.807, 2.05) is 0 Å². The lowest BCUT2D eigenvalue weighted by molar-refractivity contribution is -0.151. The number of rotatable bonds is 9. The first-order valence-electron chi connectivity index (χ1n) is 9.38. The van der Waals surface area contributed by atoms with Crippen LogP contribution in [0.25, 0.3) is 11.3 Å². The molecule has 1 fully saturated rings. The summed E-state index contributed by atoms with van der Waals surface area (Å²) in [6.45, 7) is 3.05. The van der Waals surface area contributed by atoms with E-state index in [0.29, 0.717) is 17.9 Å². The van der Waals surface area contributed by atoms with Crippen LogP contribution in [0.5, 0.6) is 0 Å². The van der Waals surface area contributed by atoms with Crippen molar-refractivity contribution in [3.05, 3.63) is 41.8 Å². The molecule has 0 radical (unpaired) electrons. The minimum Gasteiger partial charge on any atom is -0.469 e. The van der Waals surface area contributed by atoms with Crippen LogP contribution >= 0.6 is 0 Å². The number of methoxy groups -OCH3 is 1. The summed E-state index contributed by atoms with van der Waals surface area (Å²) in [6, 6.07) is 7.34. The van der Waals surface area contributed by atoms with Crippen molar-refractivity contribution in [3.63, 3.8) is 0 Å². The summed E-state index contributed by atoms with van der Waals surface area (Å²) < 4.78 is 22.8. The fourth-order valence-electron chi connectivity index (χ4n) is 3.13. The molecule has 1 N–H and O–H groups in total. The Morgan fingerprint density at radius 1 is 1.25 bits per heavy atom.